The number of aliphatic hydroxyl groups excluding tert-OH is 3. The van der Waals surface area contributed by atoms with Crippen molar-refractivity contribution in [3.63, 3.8) is 0 Å². The van der Waals surface area contributed by atoms with Crippen LogP contribution in [-0.4, -0.2) is 59.8 Å². The summed E-state index contributed by atoms with van der Waals surface area (Å²) in [7, 11) is 0. The standard InChI is InChI=1S/C13H26N2O3.2ClH/c16-7-11(8-17)15-13(10-5-12(18)6-10)9-1-3-14-4-2-9;;/h9-18H,1-8H2;2*1H. The summed E-state index contributed by atoms with van der Waals surface area (Å²) in [5.74, 6) is 1.08. The van der Waals surface area contributed by atoms with Crippen LogP contribution < -0.4 is 10.6 Å². The third-order valence-electron chi connectivity index (χ3n) is 4.42. The van der Waals surface area contributed by atoms with Crippen molar-refractivity contribution in [2.45, 2.75) is 43.9 Å². The monoisotopic (exact) mass is 330 g/mol. The Labute approximate surface area is 133 Å². The number of hydrogen-bond acceptors (Lipinski definition) is 5. The van der Waals surface area contributed by atoms with Gasteiger partial charge in [0.2, 0.25) is 0 Å². The Hall–Kier alpha value is 0.380. The molecule has 20 heavy (non-hydrogen) atoms. The largest absolute Gasteiger partial charge is 0.395 e. The fraction of sp³-hybridized carbons (Fsp3) is 1.00. The van der Waals surface area contributed by atoms with Gasteiger partial charge >= 0.3 is 0 Å². The average Bonchev–Trinajstić information content (AvgIpc) is 2.38. The van der Waals surface area contributed by atoms with Crippen LogP contribution in [0.3, 0.4) is 0 Å². The quantitative estimate of drug-likeness (QED) is 0.470. The molecule has 5 nitrogen and oxygen atoms in total. The highest BCUT2D eigenvalue weighted by molar-refractivity contribution is 5.85. The molecule has 0 amide bonds. The van der Waals surface area contributed by atoms with E-state index in [0.29, 0.717) is 17.9 Å². The van der Waals surface area contributed by atoms with E-state index in [9.17, 15) is 15.3 Å². The zero-order chi connectivity index (χ0) is 13.0. The summed E-state index contributed by atoms with van der Waals surface area (Å²) in [5, 5.41) is 34.7. The van der Waals surface area contributed by atoms with Gasteiger partial charge in [0.1, 0.15) is 0 Å². The highest BCUT2D eigenvalue weighted by atomic mass is 35.5. The lowest BCUT2D eigenvalue weighted by Gasteiger charge is -2.44. The number of piperidine rings is 1. The summed E-state index contributed by atoms with van der Waals surface area (Å²) in [5.41, 5.74) is 0. The second kappa shape index (κ2) is 10.2. The molecule has 0 radical (unpaired) electrons. The van der Waals surface area contributed by atoms with Gasteiger partial charge < -0.3 is 26.0 Å². The van der Waals surface area contributed by atoms with Crippen molar-refractivity contribution in [2.24, 2.45) is 11.8 Å². The van der Waals surface area contributed by atoms with Crippen LogP contribution in [0.2, 0.25) is 0 Å². The van der Waals surface area contributed by atoms with Crippen LogP contribution in [0, 0.1) is 11.8 Å². The number of nitrogens with one attached hydrogen (secondary N) is 2. The number of hydrogen-bond donors (Lipinski definition) is 5. The molecule has 1 saturated heterocycles. The van der Waals surface area contributed by atoms with E-state index in [0.717, 1.165) is 38.8 Å². The number of rotatable bonds is 6. The van der Waals surface area contributed by atoms with E-state index < -0.39 is 0 Å². The topological polar surface area (TPSA) is 84.8 Å². The normalized spacial score (nSPS) is 28.2. The molecule has 0 spiro atoms. The van der Waals surface area contributed by atoms with E-state index in [1.54, 1.807) is 0 Å². The second-order valence-corrected chi connectivity index (χ2v) is 5.73. The van der Waals surface area contributed by atoms with Gasteiger partial charge in [0.25, 0.3) is 0 Å². The lowest BCUT2D eigenvalue weighted by atomic mass is 9.71. The minimum atomic E-state index is -0.234. The van der Waals surface area contributed by atoms with Gasteiger partial charge in [-0.15, -0.1) is 24.8 Å². The van der Waals surface area contributed by atoms with Gasteiger partial charge in [-0.3, -0.25) is 0 Å². The Morgan fingerprint density at radius 3 is 2.00 bits per heavy atom. The number of halogens is 2. The first-order valence-electron chi connectivity index (χ1n) is 7.11. The Morgan fingerprint density at radius 2 is 1.55 bits per heavy atom. The number of aliphatic hydroxyl groups is 3. The molecule has 1 aliphatic heterocycles. The van der Waals surface area contributed by atoms with Crippen molar-refractivity contribution in [1.29, 1.82) is 0 Å². The van der Waals surface area contributed by atoms with Crippen LogP contribution in [0.5, 0.6) is 0 Å². The zero-order valence-corrected chi connectivity index (χ0v) is 13.3. The molecular weight excluding hydrogens is 303 g/mol. The van der Waals surface area contributed by atoms with E-state index in [-0.39, 0.29) is 50.2 Å². The van der Waals surface area contributed by atoms with E-state index in [1.807, 2.05) is 0 Å². The lowest BCUT2D eigenvalue weighted by Crippen LogP contribution is -2.55. The fourth-order valence-electron chi connectivity index (χ4n) is 3.22. The average molecular weight is 331 g/mol. The van der Waals surface area contributed by atoms with Gasteiger partial charge in [0.15, 0.2) is 0 Å². The van der Waals surface area contributed by atoms with E-state index in [4.69, 9.17) is 0 Å². The summed E-state index contributed by atoms with van der Waals surface area (Å²) in [6.45, 7) is 2.02. The molecule has 0 aromatic rings. The predicted octanol–water partition coefficient (Wildman–Crippen LogP) is -0.0881. The first kappa shape index (κ1) is 20.4. The molecule has 0 aromatic heterocycles. The first-order chi connectivity index (χ1) is 8.74. The Kier molecular flexibility index (Phi) is 10.4. The molecule has 2 rings (SSSR count). The van der Waals surface area contributed by atoms with Gasteiger partial charge in [-0.2, -0.15) is 0 Å². The molecule has 0 bridgehead atoms. The summed E-state index contributed by atoms with van der Waals surface area (Å²) >= 11 is 0. The molecule has 1 saturated carbocycles. The summed E-state index contributed by atoms with van der Waals surface area (Å²) in [6.07, 6.45) is 3.82. The van der Waals surface area contributed by atoms with Crippen LogP contribution in [-0.2, 0) is 0 Å². The Balaban J connectivity index is 0.00000180. The van der Waals surface area contributed by atoms with Gasteiger partial charge in [-0.25, -0.2) is 0 Å². The van der Waals surface area contributed by atoms with Gasteiger partial charge in [-0.1, -0.05) is 0 Å². The SMILES string of the molecule is Cl.Cl.OCC(CO)NC(C1CCNCC1)C1CC(O)C1. The van der Waals surface area contributed by atoms with Crippen molar-refractivity contribution in [2.75, 3.05) is 26.3 Å². The third-order valence-corrected chi connectivity index (χ3v) is 4.42. The second-order valence-electron chi connectivity index (χ2n) is 5.73. The van der Waals surface area contributed by atoms with Gasteiger partial charge in [0, 0.05) is 6.04 Å². The molecule has 1 atom stereocenters. The Morgan fingerprint density at radius 1 is 1.00 bits per heavy atom. The van der Waals surface area contributed by atoms with E-state index >= 15 is 0 Å². The van der Waals surface area contributed by atoms with Gasteiger partial charge in [-0.05, 0) is 50.6 Å². The van der Waals surface area contributed by atoms with Crippen LogP contribution in [0.4, 0.5) is 0 Å². The minimum Gasteiger partial charge on any atom is -0.395 e. The minimum absolute atomic E-state index is 0. The van der Waals surface area contributed by atoms with Crippen LogP contribution in [0.1, 0.15) is 25.7 Å². The third kappa shape index (κ3) is 5.30. The lowest BCUT2D eigenvalue weighted by molar-refractivity contribution is 0.00150. The van der Waals surface area contributed by atoms with Crippen LogP contribution >= 0.6 is 24.8 Å². The van der Waals surface area contributed by atoms with E-state index in [1.165, 1.54) is 0 Å². The van der Waals surface area contributed by atoms with E-state index in [2.05, 4.69) is 10.6 Å². The molecule has 5 N–H and O–H groups in total. The van der Waals surface area contributed by atoms with Crippen LogP contribution in [0.25, 0.3) is 0 Å². The van der Waals surface area contributed by atoms with Gasteiger partial charge in [0.05, 0.1) is 25.4 Å². The smallest absolute Gasteiger partial charge is 0.0607 e. The van der Waals surface area contributed by atoms with Crippen molar-refractivity contribution in [3.05, 3.63) is 0 Å². The molecule has 1 aliphatic carbocycles. The van der Waals surface area contributed by atoms with Crippen molar-refractivity contribution in [1.82, 2.24) is 10.6 Å². The van der Waals surface area contributed by atoms with Crippen molar-refractivity contribution < 1.29 is 15.3 Å². The Bertz CT molecular complexity index is 246. The van der Waals surface area contributed by atoms with Crippen molar-refractivity contribution in [3.8, 4) is 0 Å². The maximum atomic E-state index is 9.48. The summed E-state index contributed by atoms with van der Waals surface area (Å²) in [4.78, 5) is 0. The molecule has 2 fully saturated rings. The highest BCUT2D eigenvalue weighted by Crippen LogP contribution is 2.35. The highest BCUT2D eigenvalue weighted by Gasteiger charge is 2.38. The molecular formula is C13H28Cl2N2O3. The molecule has 2 aliphatic rings. The molecule has 1 heterocycles. The molecule has 7 heteroatoms. The summed E-state index contributed by atoms with van der Waals surface area (Å²) in [6, 6.07) is 0.0856. The zero-order valence-electron chi connectivity index (χ0n) is 11.7. The van der Waals surface area contributed by atoms with Crippen LogP contribution in [0.15, 0.2) is 0 Å². The molecule has 122 valence electrons. The first-order valence-corrected chi connectivity index (χ1v) is 7.11. The maximum absolute atomic E-state index is 9.48. The fourth-order valence-corrected chi connectivity index (χ4v) is 3.22. The maximum Gasteiger partial charge on any atom is 0.0607 e. The summed E-state index contributed by atoms with van der Waals surface area (Å²) < 4.78 is 0. The molecule has 0 aromatic carbocycles. The predicted molar refractivity (Wildman–Crippen MR) is 83.7 cm³/mol. The van der Waals surface area contributed by atoms with Crippen molar-refractivity contribution >= 4 is 24.8 Å². The molecule has 1 unspecified atom stereocenters.